The van der Waals surface area contributed by atoms with E-state index in [1.807, 2.05) is 23.1 Å². The second-order valence-corrected chi connectivity index (χ2v) is 5.19. The predicted molar refractivity (Wildman–Crippen MR) is 81.6 cm³/mol. The number of ether oxygens (including phenoxy) is 1. The Morgan fingerprint density at radius 3 is 3.00 bits per heavy atom. The lowest BCUT2D eigenvalue weighted by Gasteiger charge is -2.23. The molecule has 1 aromatic rings. The van der Waals surface area contributed by atoms with Gasteiger partial charge in [-0.1, -0.05) is 13.3 Å². The predicted octanol–water partition coefficient (Wildman–Crippen LogP) is 3.35. The molecule has 4 heteroatoms. The average Bonchev–Trinajstić information content (AvgIpc) is 2.68. The second-order valence-electron chi connectivity index (χ2n) is 5.19. The number of rotatable bonds is 4. The smallest absolute Gasteiger partial charge is 0.321 e. The monoisotopic (exact) mass is 276 g/mol. The molecule has 1 aliphatic rings. The van der Waals surface area contributed by atoms with Crippen molar-refractivity contribution in [3.05, 3.63) is 23.8 Å². The van der Waals surface area contributed by atoms with Crippen molar-refractivity contribution in [1.82, 2.24) is 5.32 Å². The Bertz CT molecular complexity index is 460. The van der Waals surface area contributed by atoms with E-state index in [2.05, 4.69) is 12.2 Å². The molecule has 0 atom stereocenters. The molecule has 1 aromatic carbocycles. The van der Waals surface area contributed by atoms with Crippen molar-refractivity contribution in [3.8, 4) is 5.75 Å². The van der Waals surface area contributed by atoms with Gasteiger partial charge in [-0.3, -0.25) is 4.90 Å². The molecule has 0 fully saturated rings. The SMILES string of the molecule is CCCCNC(=O)N1CCCCc2cc(OC)ccc21. The Kier molecular flexibility index (Phi) is 5.27. The maximum Gasteiger partial charge on any atom is 0.321 e. The van der Waals surface area contributed by atoms with Crippen LogP contribution in [-0.2, 0) is 6.42 Å². The third kappa shape index (κ3) is 3.44. The van der Waals surface area contributed by atoms with Gasteiger partial charge in [0.2, 0.25) is 0 Å². The first-order valence-electron chi connectivity index (χ1n) is 7.48. The number of methoxy groups -OCH3 is 1. The molecule has 0 aliphatic carbocycles. The van der Waals surface area contributed by atoms with Gasteiger partial charge in [0.25, 0.3) is 0 Å². The molecule has 2 rings (SSSR count). The molecule has 1 N–H and O–H groups in total. The van der Waals surface area contributed by atoms with Gasteiger partial charge in [0, 0.05) is 18.8 Å². The number of anilines is 1. The van der Waals surface area contributed by atoms with Gasteiger partial charge in [-0.2, -0.15) is 0 Å². The minimum atomic E-state index is 0.0202. The molecule has 2 amide bonds. The fraction of sp³-hybridized carbons (Fsp3) is 0.562. The summed E-state index contributed by atoms with van der Waals surface area (Å²) in [6.45, 7) is 3.66. The molecule has 0 saturated heterocycles. The van der Waals surface area contributed by atoms with E-state index in [0.29, 0.717) is 0 Å². The van der Waals surface area contributed by atoms with Crippen LogP contribution in [0.3, 0.4) is 0 Å². The molecule has 0 saturated carbocycles. The molecule has 110 valence electrons. The largest absolute Gasteiger partial charge is 0.497 e. The van der Waals surface area contributed by atoms with Gasteiger partial charge in [0.15, 0.2) is 0 Å². The van der Waals surface area contributed by atoms with Gasteiger partial charge in [0.1, 0.15) is 5.75 Å². The fourth-order valence-corrected chi connectivity index (χ4v) is 2.54. The molecule has 1 heterocycles. The van der Waals surface area contributed by atoms with Crippen molar-refractivity contribution in [2.75, 3.05) is 25.1 Å². The number of amides is 2. The zero-order chi connectivity index (χ0) is 14.4. The van der Waals surface area contributed by atoms with Crippen LogP contribution >= 0.6 is 0 Å². The number of fused-ring (bicyclic) bond motifs is 1. The summed E-state index contributed by atoms with van der Waals surface area (Å²) in [7, 11) is 1.67. The number of unbranched alkanes of at least 4 members (excludes halogenated alkanes) is 1. The summed E-state index contributed by atoms with van der Waals surface area (Å²) in [5.74, 6) is 0.858. The van der Waals surface area contributed by atoms with Crippen molar-refractivity contribution in [3.63, 3.8) is 0 Å². The Morgan fingerprint density at radius 2 is 2.25 bits per heavy atom. The Hall–Kier alpha value is -1.71. The number of hydrogen-bond acceptors (Lipinski definition) is 2. The van der Waals surface area contributed by atoms with Crippen LogP contribution in [0, 0.1) is 0 Å². The number of carbonyl (C=O) groups excluding carboxylic acids is 1. The van der Waals surface area contributed by atoms with Crippen LogP contribution < -0.4 is 15.0 Å². The highest BCUT2D eigenvalue weighted by atomic mass is 16.5. The highest BCUT2D eigenvalue weighted by Crippen LogP contribution is 2.29. The summed E-state index contributed by atoms with van der Waals surface area (Å²) in [5.41, 5.74) is 2.23. The Labute approximate surface area is 121 Å². The van der Waals surface area contributed by atoms with Crippen LogP contribution in [0.4, 0.5) is 10.5 Å². The van der Waals surface area contributed by atoms with Crippen LogP contribution in [-0.4, -0.2) is 26.2 Å². The van der Waals surface area contributed by atoms with Crippen LogP contribution in [0.25, 0.3) is 0 Å². The van der Waals surface area contributed by atoms with E-state index >= 15 is 0 Å². The summed E-state index contributed by atoms with van der Waals surface area (Å²) in [6, 6.07) is 5.99. The standard InChI is InChI=1S/C16H24N2O2/c1-3-4-10-17-16(19)18-11-6-5-7-13-12-14(20-2)8-9-15(13)18/h8-9,12H,3-7,10-11H2,1-2H3,(H,17,19). The molecule has 0 spiro atoms. The molecule has 0 bridgehead atoms. The van der Waals surface area contributed by atoms with Gasteiger partial charge >= 0.3 is 6.03 Å². The van der Waals surface area contributed by atoms with Gasteiger partial charge < -0.3 is 10.1 Å². The molecule has 1 aliphatic heterocycles. The number of urea groups is 1. The first-order valence-corrected chi connectivity index (χ1v) is 7.48. The van der Waals surface area contributed by atoms with Crippen LogP contribution in [0.5, 0.6) is 5.75 Å². The van der Waals surface area contributed by atoms with Crippen molar-refractivity contribution < 1.29 is 9.53 Å². The van der Waals surface area contributed by atoms with Gasteiger partial charge in [-0.25, -0.2) is 4.79 Å². The molecule has 20 heavy (non-hydrogen) atoms. The molecule has 4 nitrogen and oxygen atoms in total. The van der Waals surface area contributed by atoms with Crippen LogP contribution in [0.2, 0.25) is 0 Å². The summed E-state index contributed by atoms with van der Waals surface area (Å²) >= 11 is 0. The molecular formula is C16H24N2O2. The van der Waals surface area contributed by atoms with Crippen molar-refractivity contribution >= 4 is 11.7 Å². The number of aryl methyl sites for hydroxylation is 1. The number of carbonyl (C=O) groups is 1. The number of nitrogens with zero attached hydrogens (tertiary/aromatic N) is 1. The minimum absolute atomic E-state index is 0.0202. The lowest BCUT2D eigenvalue weighted by molar-refractivity contribution is 0.246. The first kappa shape index (κ1) is 14.7. The van der Waals surface area contributed by atoms with Gasteiger partial charge in [0.05, 0.1) is 7.11 Å². The quantitative estimate of drug-likeness (QED) is 0.857. The van der Waals surface area contributed by atoms with Crippen LogP contribution in [0.15, 0.2) is 18.2 Å². The maximum atomic E-state index is 12.3. The number of benzene rings is 1. The van der Waals surface area contributed by atoms with Crippen LogP contribution in [0.1, 0.15) is 38.2 Å². The van der Waals surface area contributed by atoms with E-state index in [-0.39, 0.29) is 6.03 Å². The third-order valence-electron chi connectivity index (χ3n) is 3.71. The van der Waals surface area contributed by atoms with E-state index in [9.17, 15) is 4.79 Å². The summed E-state index contributed by atoms with van der Waals surface area (Å²) in [6.07, 6.45) is 5.27. The van der Waals surface area contributed by atoms with E-state index in [1.54, 1.807) is 7.11 Å². The van der Waals surface area contributed by atoms with Crippen molar-refractivity contribution in [1.29, 1.82) is 0 Å². The Morgan fingerprint density at radius 1 is 1.40 bits per heavy atom. The summed E-state index contributed by atoms with van der Waals surface area (Å²) in [4.78, 5) is 14.2. The Balaban J connectivity index is 2.16. The fourth-order valence-electron chi connectivity index (χ4n) is 2.54. The van der Waals surface area contributed by atoms with E-state index < -0.39 is 0 Å². The lowest BCUT2D eigenvalue weighted by atomic mass is 10.1. The van der Waals surface area contributed by atoms with E-state index in [1.165, 1.54) is 5.56 Å². The lowest BCUT2D eigenvalue weighted by Crippen LogP contribution is -2.41. The normalized spacial score (nSPS) is 14.4. The third-order valence-corrected chi connectivity index (χ3v) is 3.71. The van der Waals surface area contributed by atoms with Crippen molar-refractivity contribution in [2.24, 2.45) is 0 Å². The van der Waals surface area contributed by atoms with Gasteiger partial charge in [-0.15, -0.1) is 0 Å². The van der Waals surface area contributed by atoms with Crippen molar-refractivity contribution in [2.45, 2.75) is 39.0 Å². The zero-order valence-electron chi connectivity index (χ0n) is 12.4. The topological polar surface area (TPSA) is 41.6 Å². The minimum Gasteiger partial charge on any atom is -0.497 e. The zero-order valence-corrected chi connectivity index (χ0v) is 12.4. The molecule has 0 aromatic heterocycles. The molecule has 0 radical (unpaired) electrons. The number of nitrogens with one attached hydrogen (secondary N) is 1. The first-order chi connectivity index (χ1) is 9.76. The molecule has 0 unspecified atom stereocenters. The highest BCUT2D eigenvalue weighted by Gasteiger charge is 2.21. The van der Waals surface area contributed by atoms with E-state index in [4.69, 9.17) is 4.74 Å². The maximum absolute atomic E-state index is 12.3. The number of hydrogen-bond donors (Lipinski definition) is 1. The van der Waals surface area contributed by atoms with E-state index in [0.717, 1.165) is 56.6 Å². The summed E-state index contributed by atoms with van der Waals surface area (Å²) < 4.78 is 5.28. The molecular weight excluding hydrogens is 252 g/mol. The second kappa shape index (κ2) is 7.17. The summed E-state index contributed by atoms with van der Waals surface area (Å²) in [5, 5.41) is 3.01. The average molecular weight is 276 g/mol. The highest BCUT2D eigenvalue weighted by molar-refractivity contribution is 5.93. The van der Waals surface area contributed by atoms with Gasteiger partial charge in [-0.05, 0) is 49.4 Å².